The number of rotatable bonds is 7. The van der Waals surface area contributed by atoms with Crippen LogP contribution < -0.4 is 5.32 Å². The van der Waals surface area contributed by atoms with Crippen LogP contribution in [0.5, 0.6) is 0 Å². The second-order valence-corrected chi connectivity index (χ2v) is 5.48. The van der Waals surface area contributed by atoms with Gasteiger partial charge in [0, 0.05) is 12.6 Å². The van der Waals surface area contributed by atoms with Gasteiger partial charge in [-0.05, 0) is 31.5 Å². The van der Waals surface area contributed by atoms with E-state index in [0.717, 1.165) is 25.8 Å². The minimum Gasteiger partial charge on any atom is -0.315 e. The minimum absolute atomic E-state index is 0.147. The molecule has 1 N–H and O–H groups in total. The number of hydrogen-bond donors (Lipinski definition) is 1. The number of benzene rings is 1. The van der Waals surface area contributed by atoms with Gasteiger partial charge in [0.1, 0.15) is 0 Å². The van der Waals surface area contributed by atoms with Gasteiger partial charge in [0.15, 0.2) is 0 Å². The first-order valence-corrected chi connectivity index (χ1v) is 7.30. The first-order valence-electron chi connectivity index (χ1n) is 7.30. The predicted molar refractivity (Wildman–Crippen MR) is 78.8 cm³/mol. The Labute approximate surface area is 120 Å². The largest absolute Gasteiger partial charge is 0.315 e. The molecular formula is C16H22N2O2. The Morgan fingerprint density at radius 3 is 2.15 bits per heavy atom. The van der Waals surface area contributed by atoms with Crippen LogP contribution in [0.15, 0.2) is 24.3 Å². The molecule has 2 amide bonds. The number of amides is 2. The maximum absolute atomic E-state index is 12.1. The molecule has 0 unspecified atom stereocenters. The fraction of sp³-hybridized carbons (Fsp3) is 0.500. The molecule has 0 fully saturated rings. The van der Waals surface area contributed by atoms with Gasteiger partial charge in [-0.3, -0.25) is 14.5 Å². The fourth-order valence-electron chi connectivity index (χ4n) is 2.40. The van der Waals surface area contributed by atoms with Gasteiger partial charge in [-0.15, -0.1) is 0 Å². The van der Waals surface area contributed by atoms with Gasteiger partial charge >= 0.3 is 0 Å². The summed E-state index contributed by atoms with van der Waals surface area (Å²) in [4.78, 5) is 25.6. The van der Waals surface area contributed by atoms with Gasteiger partial charge in [-0.2, -0.15) is 0 Å². The van der Waals surface area contributed by atoms with Crippen molar-refractivity contribution < 1.29 is 9.59 Å². The van der Waals surface area contributed by atoms with E-state index in [-0.39, 0.29) is 11.8 Å². The lowest BCUT2D eigenvalue weighted by molar-refractivity contribution is 0.0651. The standard InChI is InChI=1S/C16H22N2O2/c1-12(2)17-10-6-3-7-11-18-15(19)13-8-4-5-9-14(13)16(18)20/h4-5,8-9,12,17H,3,6-7,10-11H2,1-2H3. The van der Waals surface area contributed by atoms with Gasteiger partial charge in [-0.25, -0.2) is 0 Å². The van der Waals surface area contributed by atoms with Gasteiger partial charge in [0.25, 0.3) is 11.8 Å². The van der Waals surface area contributed by atoms with Crippen LogP contribution in [0.4, 0.5) is 0 Å². The Kier molecular flexibility index (Phi) is 4.90. The number of unbranched alkanes of at least 4 members (excludes halogenated alkanes) is 2. The number of carbonyl (C=O) groups is 2. The molecule has 0 saturated carbocycles. The number of nitrogens with one attached hydrogen (secondary N) is 1. The highest BCUT2D eigenvalue weighted by Crippen LogP contribution is 2.22. The van der Waals surface area contributed by atoms with Crippen molar-refractivity contribution in [1.29, 1.82) is 0 Å². The molecule has 2 rings (SSSR count). The monoisotopic (exact) mass is 274 g/mol. The summed E-state index contributed by atoms with van der Waals surface area (Å²) >= 11 is 0. The lowest BCUT2D eigenvalue weighted by Gasteiger charge is -2.13. The van der Waals surface area contributed by atoms with Crippen molar-refractivity contribution >= 4 is 11.8 Å². The Morgan fingerprint density at radius 1 is 1.00 bits per heavy atom. The van der Waals surface area contributed by atoms with Crippen molar-refractivity contribution in [3.63, 3.8) is 0 Å². The average Bonchev–Trinajstić information content (AvgIpc) is 2.67. The first-order chi connectivity index (χ1) is 9.61. The molecule has 20 heavy (non-hydrogen) atoms. The zero-order chi connectivity index (χ0) is 14.5. The molecule has 1 aliphatic rings. The summed E-state index contributed by atoms with van der Waals surface area (Å²) in [5.41, 5.74) is 1.08. The molecule has 1 aromatic carbocycles. The molecule has 0 aromatic heterocycles. The molecular weight excluding hydrogens is 252 g/mol. The Hall–Kier alpha value is -1.68. The molecule has 4 nitrogen and oxygen atoms in total. The maximum Gasteiger partial charge on any atom is 0.261 e. The van der Waals surface area contributed by atoms with Crippen molar-refractivity contribution in [2.45, 2.75) is 39.2 Å². The van der Waals surface area contributed by atoms with Crippen LogP contribution in [0.2, 0.25) is 0 Å². The summed E-state index contributed by atoms with van der Waals surface area (Å²) in [7, 11) is 0. The first kappa shape index (κ1) is 14.7. The van der Waals surface area contributed by atoms with Crippen molar-refractivity contribution in [1.82, 2.24) is 10.2 Å². The molecule has 1 heterocycles. The van der Waals surface area contributed by atoms with Crippen LogP contribution in [-0.4, -0.2) is 35.8 Å². The molecule has 0 radical (unpaired) electrons. The van der Waals surface area contributed by atoms with Crippen molar-refractivity contribution in [2.24, 2.45) is 0 Å². The van der Waals surface area contributed by atoms with Crippen LogP contribution in [-0.2, 0) is 0 Å². The summed E-state index contributed by atoms with van der Waals surface area (Å²) in [6.07, 6.45) is 2.96. The lowest BCUT2D eigenvalue weighted by atomic mass is 10.1. The summed E-state index contributed by atoms with van der Waals surface area (Å²) in [5.74, 6) is -0.295. The molecule has 0 bridgehead atoms. The molecule has 4 heteroatoms. The number of imide groups is 1. The summed E-state index contributed by atoms with van der Waals surface area (Å²) < 4.78 is 0. The topological polar surface area (TPSA) is 49.4 Å². The van der Waals surface area contributed by atoms with Crippen LogP contribution in [0.1, 0.15) is 53.8 Å². The third-order valence-corrected chi connectivity index (χ3v) is 3.49. The highest BCUT2D eigenvalue weighted by atomic mass is 16.2. The van der Waals surface area contributed by atoms with E-state index in [4.69, 9.17) is 0 Å². The van der Waals surface area contributed by atoms with E-state index in [1.165, 1.54) is 4.90 Å². The highest BCUT2D eigenvalue weighted by molar-refractivity contribution is 6.21. The van der Waals surface area contributed by atoms with Crippen molar-refractivity contribution in [3.05, 3.63) is 35.4 Å². The van der Waals surface area contributed by atoms with E-state index < -0.39 is 0 Å². The molecule has 0 aliphatic carbocycles. The molecule has 0 spiro atoms. The average molecular weight is 274 g/mol. The normalized spacial score (nSPS) is 14.2. The quantitative estimate of drug-likeness (QED) is 0.614. The van der Waals surface area contributed by atoms with Crippen LogP contribution >= 0.6 is 0 Å². The van der Waals surface area contributed by atoms with E-state index in [0.29, 0.717) is 23.7 Å². The van der Waals surface area contributed by atoms with Gasteiger partial charge < -0.3 is 5.32 Å². The van der Waals surface area contributed by atoms with Crippen LogP contribution in [0.3, 0.4) is 0 Å². The Balaban J connectivity index is 1.78. The SMILES string of the molecule is CC(C)NCCCCCN1C(=O)c2ccccc2C1=O. The number of carbonyl (C=O) groups excluding carboxylic acids is 2. The zero-order valence-electron chi connectivity index (χ0n) is 12.2. The molecule has 0 saturated heterocycles. The summed E-state index contributed by atoms with van der Waals surface area (Å²) in [6.45, 7) is 5.76. The third-order valence-electron chi connectivity index (χ3n) is 3.49. The number of nitrogens with zero attached hydrogens (tertiary/aromatic N) is 1. The second-order valence-electron chi connectivity index (χ2n) is 5.48. The van der Waals surface area contributed by atoms with Gasteiger partial charge in [0.05, 0.1) is 11.1 Å². The van der Waals surface area contributed by atoms with E-state index >= 15 is 0 Å². The lowest BCUT2D eigenvalue weighted by Crippen LogP contribution is -2.30. The van der Waals surface area contributed by atoms with E-state index in [1.807, 2.05) is 0 Å². The molecule has 108 valence electrons. The maximum atomic E-state index is 12.1. The van der Waals surface area contributed by atoms with Gasteiger partial charge in [0.2, 0.25) is 0 Å². The van der Waals surface area contributed by atoms with Crippen LogP contribution in [0.25, 0.3) is 0 Å². The van der Waals surface area contributed by atoms with Gasteiger partial charge in [-0.1, -0.05) is 32.4 Å². The second kappa shape index (κ2) is 6.66. The Morgan fingerprint density at radius 2 is 1.60 bits per heavy atom. The predicted octanol–water partition coefficient (Wildman–Crippen LogP) is 2.45. The molecule has 0 atom stereocenters. The van der Waals surface area contributed by atoms with E-state index in [1.54, 1.807) is 24.3 Å². The van der Waals surface area contributed by atoms with Crippen molar-refractivity contribution in [2.75, 3.05) is 13.1 Å². The number of fused-ring (bicyclic) bond motifs is 1. The Bertz CT molecular complexity index is 462. The third kappa shape index (κ3) is 3.25. The van der Waals surface area contributed by atoms with E-state index in [9.17, 15) is 9.59 Å². The molecule has 1 aliphatic heterocycles. The highest BCUT2D eigenvalue weighted by Gasteiger charge is 2.34. The van der Waals surface area contributed by atoms with Crippen LogP contribution in [0, 0.1) is 0 Å². The summed E-state index contributed by atoms with van der Waals surface area (Å²) in [6, 6.07) is 7.55. The molecule has 1 aromatic rings. The van der Waals surface area contributed by atoms with E-state index in [2.05, 4.69) is 19.2 Å². The summed E-state index contributed by atoms with van der Waals surface area (Å²) in [5, 5.41) is 3.36. The number of hydrogen-bond acceptors (Lipinski definition) is 3. The smallest absolute Gasteiger partial charge is 0.261 e. The zero-order valence-corrected chi connectivity index (χ0v) is 12.2. The minimum atomic E-state index is -0.147. The van der Waals surface area contributed by atoms with Crippen molar-refractivity contribution in [3.8, 4) is 0 Å². The fourth-order valence-corrected chi connectivity index (χ4v) is 2.40.